The van der Waals surface area contributed by atoms with Crippen molar-refractivity contribution in [3.8, 4) is 0 Å². The molecule has 2 aromatic carbocycles. The summed E-state index contributed by atoms with van der Waals surface area (Å²) in [5.74, 6) is -2.54. The molecule has 0 aliphatic rings. The van der Waals surface area contributed by atoms with Gasteiger partial charge in [-0.3, -0.25) is 0 Å². The van der Waals surface area contributed by atoms with Crippen LogP contribution in [0.4, 0.5) is 0 Å². The van der Waals surface area contributed by atoms with E-state index in [-0.39, 0.29) is 11.1 Å². The summed E-state index contributed by atoms with van der Waals surface area (Å²) in [6.45, 7) is 0. The summed E-state index contributed by atoms with van der Waals surface area (Å²) in [6.07, 6.45) is 0.719. The zero-order valence-corrected chi connectivity index (χ0v) is 11.2. The maximum Gasteiger partial charge on any atom is 0.355 e. The van der Waals surface area contributed by atoms with E-state index in [9.17, 15) is 18.0 Å². The van der Waals surface area contributed by atoms with Crippen molar-refractivity contribution < 1.29 is 27.3 Å². The SMILES string of the molecule is CS(=O)(=O)OC(=O)c1c(C(=O)O)ccc2ccccc12. The largest absolute Gasteiger partial charge is 0.478 e. The molecule has 0 aliphatic heterocycles. The molecular formula is C13H10O6S. The highest BCUT2D eigenvalue weighted by Crippen LogP contribution is 2.24. The molecule has 2 rings (SSSR count). The van der Waals surface area contributed by atoms with Gasteiger partial charge in [-0.05, 0) is 16.8 Å². The van der Waals surface area contributed by atoms with Gasteiger partial charge in [-0.15, -0.1) is 0 Å². The van der Waals surface area contributed by atoms with Crippen LogP contribution < -0.4 is 0 Å². The molecule has 6 nitrogen and oxygen atoms in total. The molecular weight excluding hydrogens is 284 g/mol. The normalized spacial score (nSPS) is 11.2. The summed E-state index contributed by atoms with van der Waals surface area (Å²) in [7, 11) is -4.03. The molecule has 0 amide bonds. The van der Waals surface area contributed by atoms with Crippen LogP contribution >= 0.6 is 0 Å². The van der Waals surface area contributed by atoms with Crippen LogP contribution in [0.15, 0.2) is 36.4 Å². The molecule has 0 aliphatic carbocycles. The lowest BCUT2D eigenvalue weighted by Gasteiger charge is -2.09. The van der Waals surface area contributed by atoms with Crippen molar-refractivity contribution in [2.45, 2.75) is 0 Å². The van der Waals surface area contributed by atoms with Crippen LogP contribution in [0.5, 0.6) is 0 Å². The van der Waals surface area contributed by atoms with Crippen LogP contribution in [-0.4, -0.2) is 31.7 Å². The lowest BCUT2D eigenvalue weighted by atomic mass is 9.99. The van der Waals surface area contributed by atoms with Gasteiger partial charge in [0.15, 0.2) is 0 Å². The number of hydrogen-bond acceptors (Lipinski definition) is 5. The number of carbonyl (C=O) groups is 2. The highest BCUT2D eigenvalue weighted by molar-refractivity contribution is 7.86. The maximum absolute atomic E-state index is 11.9. The van der Waals surface area contributed by atoms with Crippen molar-refractivity contribution in [2.75, 3.05) is 6.26 Å². The highest BCUT2D eigenvalue weighted by Gasteiger charge is 2.23. The lowest BCUT2D eigenvalue weighted by Crippen LogP contribution is -2.16. The summed E-state index contributed by atoms with van der Waals surface area (Å²) >= 11 is 0. The third-order valence-corrected chi connectivity index (χ3v) is 3.04. The van der Waals surface area contributed by atoms with Crippen LogP contribution in [0.2, 0.25) is 0 Å². The Bertz CT molecular complexity index is 807. The Morgan fingerprint density at radius 1 is 1.10 bits per heavy atom. The number of carboxylic acids is 1. The van der Waals surface area contributed by atoms with Crippen molar-refractivity contribution in [2.24, 2.45) is 0 Å². The van der Waals surface area contributed by atoms with Gasteiger partial charge in [-0.2, -0.15) is 8.42 Å². The fraction of sp³-hybridized carbons (Fsp3) is 0.0769. The lowest BCUT2D eigenvalue weighted by molar-refractivity contribution is 0.0672. The van der Waals surface area contributed by atoms with Crippen LogP contribution in [-0.2, 0) is 14.3 Å². The summed E-state index contributed by atoms with van der Waals surface area (Å²) in [5.41, 5.74) is -0.585. The van der Waals surface area contributed by atoms with Crippen molar-refractivity contribution in [3.63, 3.8) is 0 Å². The van der Waals surface area contributed by atoms with E-state index in [2.05, 4.69) is 4.18 Å². The number of carbonyl (C=O) groups excluding carboxylic acids is 1. The van der Waals surface area contributed by atoms with Crippen LogP contribution in [0.1, 0.15) is 20.7 Å². The van der Waals surface area contributed by atoms with Crippen molar-refractivity contribution >= 4 is 32.8 Å². The van der Waals surface area contributed by atoms with Gasteiger partial charge in [0.2, 0.25) is 0 Å². The Morgan fingerprint density at radius 2 is 1.75 bits per heavy atom. The second-order valence-corrected chi connectivity index (χ2v) is 5.66. The van der Waals surface area contributed by atoms with E-state index in [4.69, 9.17) is 5.11 Å². The van der Waals surface area contributed by atoms with E-state index in [1.807, 2.05) is 0 Å². The highest BCUT2D eigenvalue weighted by atomic mass is 32.2. The topological polar surface area (TPSA) is 97.7 Å². The minimum absolute atomic E-state index is 0.277. The molecule has 2 aromatic rings. The minimum Gasteiger partial charge on any atom is -0.478 e. The van der Waals surface area contributed by atoms with Gasteiger partial charge in [0.1, 0.15) is 0 Å². The van der Waals surface area contributed by atoms with E-state index in [1.54, 1.807) is 18.2 Å². The molecule has 0 heterocycles. The van der Waals surface area contributed by atoms with Gasteiger partial charge in [0.25, 0.3) is 0 Å². The second kappa shape index (κ2) is 4.93. The Hall–Kier alpha value is -2.41. The van der Waals surface area contributed by atoms with Gasteiger partial charge in [-0.1, -0.05) is 30.3 Å². The molecule has 0 unspecified atom stereocenters. The molecule has 0 bridgehead atoms. The predicted octanol–water partition coefficient (Wildman–Crippen LogP) is 1.65. The molecule has 104 valence electrons. The number of hydrogen-bond donors (Lipinski definition) is 1. The first kappa shape index (κ1) is 14.0. The molecule has 7 heteroatoms. The fourth-order valence-electron chi connectivity index (χ4n) is 1.85. The van der Waals surface area contributed by atoms with E-state index in [1.165, 1.54) is 18.2 Å². The van der Waals surface area contributed by atoms with Gasteiger partial charge < -0.3 is 9.29 Å². The van der Waals surface area contributed by atoms with E-state index < -0.39 is 22.1 Å². The van der Waals surface area contributed by atoms with Gasteiger partial charge >= 0.3 is 22.1 Å². The summed E-state index contributed by atoms with van der Waals surface area (Å²) in [6, 6.07) is 9.32. The number of aromatic carboxylic acids is 1. The first-order chi connectivity index (χ1) is 9.29. The van der Waals surface area contributed by atoms with E-state index in [0.717, 1.165) is 6.26 Å². The first-order valence-corrected chi connectivity index (χ1v) is 7.30. The zero-order valence-electron chi connectivity index (χ0n) is 10.4. The Balaban J connectivity index is 2.73. The van der Waals surface area contributed by atoms with E-state index in [0.29, 0.717) is 10.8 Å². The number of carboxylic acid groups (broad SMARTS) is 1. The monoisotopic (exact) mass is 294 g/mol. The van der Waals surface area contributed by atoms with Gasteiger partial charge in [-0.25, -0.2) is 9.59 Å². The molecule has 0 radical (unpaired) electrons. The zero-order chi connectivity index (χ0) is 14.9. The van der Waals surface area contributed by atoms with Crippen molar-refractivity contribution in [3.05, 3.63) is 47.5 Å². The third-order valence-electron chi connectivity index (χ3n) is 2.59. The third kappa shape index (κ3) is 2.77. The maximum atomic E-state index is 11.9. The average Bonchev–Trinajstić information content (AvgIpc) is 2.35. The minimum atomic E-state index is -4.03. The number of fused-ring (bicyclic) bond motifs is 1. The van der Waals surface area contributed by atoms with Gasteiger partial charge in [0.05, 0.1) is 17.4 Å². The second-order valence-electron chi connectivity index (χ2n) is 4.09. The molecule has 0 saturated heterocycles. The van der Waals surface area contributed by atoms with Crippen molar-refractivity contribution in [1.82, 2.24) is 0 Å². The fourth-order valence-corrected chi connectivity index (χ4v) is 2.21. The number of benzene rings is 2. The van der Waals surface area contributed by atoms with Crippen molar-refractivity contribution in [1.29, 1.82) is 0 Å². The predicted molar refractivity (Wildman–Crippen MR) is 71.2 cm³/mol. The quantitative estimate of drug-likeness (QED) is 0.864. The summed E-state index contributed by atoms with van der Waals surface area (Å²) in [4.78, 5) is 23.1. The smallest absolute Gasteiger partial charge is 0.355 e. The molecule has 0 fully saturated rings. The van der Waals surface area contributed by atoms with Crippen LogP contribution in [0.3, 0.4) is 0 Å². The Kier molecular flexibility index (Phi) is 3.46. The van der Waals surface area contributed by atoms with Gasteiger partial charge in [0, 0.05) is 0 Å². The van der Waals surface area contributed by atoms with E-state index >= 15 is 0 Å². The molecule has 20 heavy (non-hydrogen) atoms. The summed E-state index contributed by atoms with van der Waals surface area (Å²) in [5, 5.41) is 10.0. The molecule has 0 atom stereocenters. The standard InChI is InChI=1S/C13H10O6S/c1-20(17,18)19-13(16)11-9-5-3-2-4-8(9)6-7-10(11)12(14)15/h2-7H,1H3,(H,14,15). The molecule has 1 N–H and O–H groups in total. The van der Waals surface area contributed by atoms with Crippen LogP contribution in [0, 0.1) is 0 Å². The van der Waals surface area contributed by atoms with Crippen LogP contribution in [0.25, 0.3) is 10.8 Å². The molecule has 0 aromatic heterocycles. The average molecular weight is 294 g/mol. The molecule has 0 spiro atoms. The molecule has 0 saturated carbocycles. The Labute approximate surface area is 114 Å². The number of rotatable bonds is 3. The summed E-state index contributed by atoms with van der Waals surface area (Å²) < 4.78 is 26.4. The first-order valence-electron chi connectivity index (χ1n) is 5.48. The Morgan fingerprint density at radius 3 is 2.35 bits per heavy atom.